The molecule has 1 aromatic carbocycles. The standard InChI is InChI=1S/C12H13ClFN3.2ClH/c13-11-2-1-3-12(14)10(11)7-15-5-4-9-6-16-8-17-9;;/h1-3,6,8,15H,4-5,7H2,(H,16,17);2*1H. The second-order valence-electron chi connectivity index (χ2n) is 3.70. The Morgan fingerprint density at radius 1 is 1.32 bits per heavy atom. The van der Waals surface area contributed by atoms with E-state index in [0.29, 0.717) is 17.1 Å². The molecule has 0 amide bonds. The Morgan fingerprint density at radius 3 is 2.74 bits per heavy atom. The molecule has 3 nitrogen and oxygen atoms in total. The Morgan fingerprint density at radius 2 is 2.11 bits per heavy atom. The second-order valence-corrected chi connectivity index (χ2v) is 4.11. The number of halogens is 4. The van der Waals surface area contributed by atoms with Crippen LogP contribution < -0.4 is 5.32 Å². The smallest absolute Gasteiger partial charge is 0.129 e. The van der Waals surface area contributed by atoms with Gasteiger partial charge in [-0.05, 0) is 12.1 Å². The molecule has 2 N–H and O–H groups in total. The van der Waals surface area contributed by atoms with Gasteiger partial charge in [0.15, 0.2) is 0 Å². The van der Waals surface area contributed by atoms with Gasteiger partial charge in [-0.2, -0.15) is 0 Å². The molecule has 0 aliphatic carbocycles. The summed E-state index contributed by atoms with van der Waals surface area (Å²) in [6, 6.07) is 4.71. The van der Waals surface area contributed by atoms with E-state index >= 15 is 0 Å². The van der Waals surface area contributed by atoms with Crippen molar-refractivity contribution in [2.24, 2.45) is 0 Å². The lowest BCUT2D eigenvalue weighted by molar-refractivity contribution is 0.588. The zero-order chi connectivity index (χ0) is 12.1. The summed E-state index contributed by atoms with van der Waals surface area (Å²) in [4.78, 5) is 6.93. The van der Waals surface area contributed by atoms with Gasteiger partial charge in [-0.15, -0.1) is 24.8 Å². The van der Waals surface area contributed by atoms with Crippen LogP contribution in [0.5, 0.6) is 0 Å². The summed E-state index contributed by atoms with van der Waals surface area (Å²) in [6.45, 7) is 1.17. The van der Waals surface area contributed by atoms with Crippen LogP contribution >= 0.6 is 36.4 Å². The summed E-state index contributed by atoms with van der Waals surface area (Å²) in [5, 5.41) is 3.61. The van der Waals surface area contributed by atoms with E-state index in [1.807, 2.05) is 0 Å². The van der Waals surface area contributed by atoms with E-state index in [4.69, 9.17) is 11.6 Å². The van der Waals surface area contributed by atoms with E-state index in [0.717, 1.165) is 18.7 Å². The average molecular weight is 327 g/mol. The predicted molar refractivity (Wildman–Crippen MR) is 79.9 cm³/mol. The summed E-state index contributed by atoms with van der Waals surface area (Å²) >= 11 is 5.91. The van der Waals surface area contributed by atoms with Crippen LogP contribution in [0, 0.1) is 5.82 Å². The van der Waals surface area contributed by atoms with Gasteiger partial charge in [0.25, 0.3) is 0 Å². The van der Waals surface area contributed by atoms with Crippen LogP contribution in [-0.4, -0.2) is 16.5 Å². The molecule has 0 saturated heterocycles. The number of aromatic nitrogens is 2. The molecule has 106 valence electrons. The molecule has 0 saturated carbocycles. The van der Waals surface area contributed by atoms with Gasteiger partial charge in [-0.1, -0.05) is 17.7 Å². The third-order valence-electron chi connectivity index (χ3n) is 2.49. The fourth-order valence-electron chi connectivity index (χ4n) is 1.56. The monoisotopic (exact) mass is 325 g/mol. The lowest BCUT2D eigenvalue weighted by atomic mass is 10.2. The van der Waals surface area contributed by atoms with Gasteiger partial charge in [0.2, 0.25) is 0 Å². The zero-order valence-electron chi connectivity index (χ0n) is 10.0. The molecule has 0 unspecified atom stereocenters. The number of hydrogen-bond acceptors (Lipinski definition) is 2. The van der Waals surface area contributed by atoms with Crippen molar-refractivity contribution >= 4 is 36.4 Å². The van der Waals surface area contributed by atoms with Gasteiger partial charge in [-0.3, -0.25) is 0 Å². The van der Waals surface area contributed by atoms with Crippen molar-refractivity contribution in [1.29, 1.82) is 0 Å². The van der Waals surface area contributed by atoms with Crippen LogP contribution in [0.1, 0.15) is 11.3 Å². The first-order valence-corrected chi connectivity index (χ1v) is 5.76. The van der Waals surface area contributed by atoms with Crippen molar-refractivity contribution in [2.75, 3.05) is 6.54 Å². The van der Waals surface area contributed by atoms with Gasteiger partial charge in [0, 0.05) is 42.0 Å². The van der Waals surface area contributed by atoms with E-state index in [1.54, 1.807) is 24.7 Å². The highest BCUT2D eigenvalue weighted by Crippen LogP contribution is 2.18. The fraction of sp³-hybridized carbons (Fsp3) is 0.250. The molecule has 0 aliphatic heterocycles. The predicted octanol–water partition coefficient (Wildman–Crippen LogP) is 3.38. The Balaban J connectivity index is 0.00000162. The summed E-state index contributed by atoms with van der Waals surface area (Å²) in [5.41, 5.74) is 1.57. The van der Waals surface area contributed by atoms with Crippen LogP contribution in [0.2, 0.25) is 5.02 Å². The first-order chi connectivity index (χ1) is 8.27. The molecule has 0 bridgehead atoms. The molecule has 0 spiro atoms. The minimum atomic E-state index is -0.272. The molecule has 0 atom stereocenters. The van der Waals surface area contributed by atoms with Gasteiger partial charge in [-0.25, -0.2) is 9.37 Å². The van der Waals surface area contributed by atoms with Crippen LogP contribution in [0.25, 0.3) is 0 Å². The summed E-state index contributed by atoms with van der Waals surface area (Å²) in [6.07, 6.45) is 4.24. The van der Waals surface area contributed by atoms with E-state index in [-0.39, 0.29) is 30.6 Å². The highest BCUT2D eigenvalue weighted by Gasteiger charge is 2.05. The molecule has 19 heavy (non-hydrogen) atoms. The molecule has 0 aliphatic rings. The van der Waals surface area contributed by atoms with Crippen molar-refractivity contribution in [3.8, 4) is 0 Å². The summed E-state index contributed by atoms with van der Waals surface area (Å²) < 4.78 is 13.4. The first kappa shape index (κ1) is 18.2. The molecule has 0 radical (unpaired) electrons. The number of nitrogens with one attached hydrogen (secondary N) is 2. The normalized spacial score (nSPS) is 9.58. The minimum Gasteiger partial charge on any atom is -0.348 e. The molecule has 2 rings (SSSR count). The van der Waals surface area contributed by atoms with Crippen molar-refractivity contribution in [3.05, 3.63) is 52.8 Å². The Labute approximate surface area is 128 Å². The van der Waals surface area contributed by atoms with E-state index in [1.165, 1.54) is 6.07 Å². The van der Waals surface area contributed by atoms with Crippen molar-refractivity contribution < 1.29 is 4.39 Å². The number of imidazole rings is 1. The summed E-state index contributed by atoms with van der Waals surface area (Å²) in [7, 11) is 0. The third kappa shape index (κ3) is 5.37. The third-order valence-corrected chi connectivity index (χ3v) is 2.84. The lowest BCUT2D eigenvalue weighted by Crippen LogP contribution is -2.17. The summed E-state index contributed by atoms with van der Waals surface area (Å²) in [5.74, 6) is -0.272. The maximum absolute atomic E-state index is 13.4. The molecular formula is C12H15Cl3FN3. The van der Waals surface area contributed by atoms with Crippen LogP contribution in [0.3, 0.4) is 0 Å². The lowest BCUT2D eigenvalue weighted by Gasteiger charge is -2.07. The maximum atomic E-state index is 13.4. The van der Waals surface area contributed by atoms with Crippen molar-refractivity contribution in [1.82, 2.24) is 15.3 Å². The van der Waals surface area contributed by atoms with E-state index in [9.17, 15) is 4.39 Å². The van der Waals surface area contributed by atoms with Crippen LogP contribution in [0.4, 0.5) is 4.39 Å². The van der Waals surface area contributed by atoms with Gasteiger partial charge < -0.3 is 10.3 Å². The van der Waals surface area contributed by atoms with Crippen molar-refractivity contribution in [3.63, 3.8) is 0 Å². The highest BCUT2D eigenvalue weighted by molar-refractivity contribution is 6.31. The topological polar surface area (TPSA) is 40.7 Å². The number of nitrogens with zero attached hydrogens (tertiary/aromatic N) is 1. The Kier molecular flexibility index (Phi) is 8.76. The van der Waals surface area contributed by atoms with E-state index < -0.39 is 0 Å². The quantitative estimate of drug-likeness (QED) is 0.827. The number of aromatic amines is 1. The highest BCUT2D eigenvalue weighted by atomic mass is 35.5. The van der Waals surface area contributed by atoms with Gasteiger partial charge in [0.05, 0.1) is 6.33 Å². The van der Waals surface area contributed by atoms with Gasteiger partial charge in [0.1, 0.15) is 5.82 Å². The largest absolute Gasteiger partial charge is 0.348 e. The number of H-pyrrole nitrogens is 1. The Bertz CT molecular complexity index is 457. The van der Waals surface area contributed by atoms with E-state index in [2.05, 4.69) is 15.3 Å². The molecule has 1 aromatic heterocycles. The number of rotatable bonds is 5. The molecule has 7 heteroatoms. The Hall–Kier alpha value is -0.810. The molecule has 2 aromatic rings. The molecule has 0 fully saturated rings. The second kappa shape index (κ2) is 9.15. The molecular weight excluding hydrogens is 312 g/mol. The minimum absolute atomic E-state index is 0. The fourth-order valence-corrected chi connectivity index (χ4v) is 1.79. The van der Waals surface area contributed by atoms with Crippen LogP contribution in [-0.2, 0) is 13.0 Å². The number of benzene rings is 1. The first-order valence-electron chi connectivity index (χ1n) is 5.38. The average Bonchev–Trinajstić information content (AvgIpc) is 2.80. The number of hydrogen-bond donors (Lipinski definition) is 2. The SMILES string of the molecule is Cl.Cl.Fc1cccc(Cl)c1CNCCc1cnc[nH]1. The van der Waals surface area contributed by atoms with Gasteiger partial charge >= 0.3 is 0 Å². The zero-order valence-corrected chi connectivity index (χ0v) is 12.4. The molecule has 1 heterocycles. The van der Waals surface area contributed by atoms with Crippen LogP contribution in [0.15, 0.2) is 30.7 Å². The maximum Gasteiger partial charge on any atom is 0.129 e. The van der Waals surface area contributed by atoms with Crippen molar-refractivity contribution in [2.45, 2.75) is 13.0 Å².